The SMILES string of the molecule is O=CN1CCc2ccc(Cl)cc2C1. The number of halogens is 1. The second kappa shape index (κ2) is 3.38. The molecule has 68 valence electrons. The summed E-state index contributed by atoms with van der Waals surface area (Å²) < 4.78 is 0. The summed E-state index contributed by atoms with van der Waals surface area (Å²) in [5.41, 5.74) is 2.48. The van der Waals surface area contributed by atoms with Crippen LogP contribution < -0.4 is 0 Å². The zero-order valence-corrected chi connectivity index (χ0v) is 7.92. The molecule has 1 aliphatic rings. The predicted molar refractivity (Wildman–Crippen MR) is 51.6 cm³/mol. The quantitative estimate of drug-likeness (QED) is 0.627. The molecule has 0 aliphatic carbocycles. The van der Waals surface area contributed by atoms with Crippen LogP contribution in [0.4, 0.5) is 0 Å². The Morgan fingerprint density at radius 1 is 1.38 bits per heavy atom. The van der Waals surface area contributed by atoms with E-state index in [2.05, 4.69) is 0 Å². The van der Waals surface area contributed by atoms with Crippen LogP contribution >= 0.6 is 11.6 Å². The third-order valence-corrected chi connectivity index (χ3v) is 2.59. The first-order chi connectivity index (χ1) is 6.29. The lowest BCUT2D eigenvalue weighted by Crippen LogP contribution is -2.28. The fourth-order valence-electron chi connectivity index (χ4n) is 1.64. The standard InChI is InChI=1S/C10H10ClNO/c11-10-2-1-8-3-4-12(7-13)6-9(8)5-10/h1-2,5,7H,3-4,6H2. The summed E-state index contributed by atoms with van der Waals surface area (Å²) in [6.07, 6.45) is 1.83. The van der Waals surface area contributed by atoms with Crippen molar-refractivity contribution in [2.45, 2.75) is 13.0 Å². The van der Waals surface area contributed by atoms with E-state index in [0.29, 0.717) is 6.54 Å². The van der Waals surface area contributed by atoms with Crippen LogP contribution in [0.25, 0.3) is 0 Å². The van der Waals surface area contributed by atoms with E-state index in [1.54, 1.807) is 4.90 Å². The van der Waals surface area contributed by atoms with Crippen molar-refractivity contribution >= 4 is 18.0 Å². The van der Waals surface area contributed by atoms with Gasteiger partial charge in [0.1, 0.15) is 0 Å². The molecule has 1 aliphatic heterocycles. The number of nitrogens with zero attached hydrogens (tertiary/aromatic N) is 1. The van der Waals surface area contributed by atoms with E-state index in [-0.39, 0.29) is 0 Å². The van der Waals surface area contributed by atoms with Crippen LogP contribution in [0.1, 0.15) is 11.1 Å². The van der Waals surface area contributed by atoms with Crippen molar-refractivity contribution in [1.82, 2.24) is 4.90 Å². The lowest BCUT2D eigenvalue weighted by atomic mass is 10.0. The molecular weight excluding hydrogens is 186 g/mol. The van der Waals surface area contributed by atoms with Crippen molar-refractivity contribution in [3.8, 4) is 0 Å². The average Bonchev–Trinajstić information content (AvgIpc) is 2.16. The Balaban J connectivity index is 2.32. The first kappa shape index (κ1) is 8.57. The van der Waals surface area contributed by atoms with Crippen molar-refractivity contribution in [2.24, 2.45) is 0 Å². The molecular formula is C10H10ClNO. The molecule has 1 heterocycles. The van der Waals surface area contributed by atoms with Gasteiger partial charge in [-0.25, -0.2) is 0 Å². The summed E-state index contributed by atoms with van der Waals surface area (Å²) in [5.74, 6) is 0. The monoisotopic (exact) mass is 195 g/mol. The van der Waals surface area contributed by atoms with E-state index < -0.39 is 0 Å². The van der Waals surface area contributed by atoms with Crippen molar-refractivity contribution in [1.29, 1.82) is 0 Å². The van der Waals surface area contributed by atoms with Crippen LogP contribution in [0.5, 0.6) is 0 Å². The van der Waals surface area contributed by atoms with Crippen LogP contribution in [0.3, 0.4) is 0 Å². The number of rotatable bonds is 1. The van der Waals surface area contributed by atoms with Gasteiger partial charge in [-0.3, -0.25) is 4.79 Å². The first-order valence-electron chi connectivity index (χ1n) is 4.26. The molecule has 1 amide bonds. The van der Waals surface area contributed by atoms with Gasteiger partial charge in [-0.2, -0.15) is 0 Å². The summed E-state index contributed by atoms with van der Waals surface area (Å²) in [5, 5.41) is 0.742. The molecule has 13 heavy (non-hydrogen) atoms. The maximum Gasteiger partial charge on any atom is 0.210 e. The normalized spacial score (nSPS) is 15.3. The van der Waals surface area contributed by atoms with Gasteiger partial charge in [0, 0.05) is 18.1 Å². The minimum Gasteiger partial charge on any atom is -0.341 e. The molecule has 0 spiro atoms. The van der Waals surface area contributed by atoms with E-state index in [4.69, 9.17) is 11.6 Å². The number of hydrogen-bond donors (Lipinski definition) is 0. The van der Waals surface area contributed by atoms with Gasteiger partial charge in [-0.05, 0) is 29.7 Å². The van der Waals surface area contributed by atoms with Crippen molar-refractivity contribution in [3.63, 3.8) is 0 Å². The molecule has 0 saturated heterocycles. The molecule has 0 N–H and O–H groups in total. The Bertz CT molecular complexity index is 338. The smallest absolute Gasteiger partial charge is 0.210 e. The second-order valence-electron chi connectivity index (χ2n) is 3.24. The Morgan fingerprint density at radius 3 is 3.00 bits per heavy atom. The number of carbonyl (C=O) groups excluding carboxylic acids is 1. The predicted octanol–water partition coefficient (Wildman–Crippen LogP) is 1.85. The molecule has 0 saturated carbocycles. The number of fused-ring (bicyclic) bond motifs is 1. The molecule has 0 atom stereocenters. The van der Waals surface area contributed by atoms with Crippen LogP contribution in [-0.2, 0) is 17.8 Å². The van der Waals surface area contributed by atoms with E-state index in [0.717, 1.165) is 24.4 Å². The Morgan fingerprint density at radius 2 is 2.23 bits per heavy atom. The lowest BCUT2D eigenvalue weighted by molar-refractivity contribution is -0.118. The molecule has 2 nitrogen and oxygen atoms in total. The molecule has 0 radical (unpaired) electrons. The highest BCUT2D eigenvalue weighted by Crippen LogP contribution is 2.21. The molecule has 0 unspecified atom stereocenters. The van der Waals surface area contributed by atoms with Gasteiger partial charge in [0.25, 0.3) is 0 Å². The highest BCUT2D eigenvalue weighted by molar-refractivity contribution is 6.30. The fraction of sp³-hybridized carbons (Fsp3) is 0.300. The number of amides is 1. The van der Waals surface area contributed by atoms with Crippen molar-refractivity contribution in [2.75, 3.05) is 6.54 Å². The van der Waals surface area contributed by atoms with Crippen LogP contribution in [0, 0.1) is 0 Å². The molecule has 0 fully saturated rings. The summed E-state index contributed by atoms with van der Waals surface area (Å²) in [6, 6.07) is 5.88. The molecule has 0 bridgehead atoms. The maximum atomic E-state index is 10.5. The van der Waals surface area contributed by atoms with Crippen LogP contribution in [0.15, 0.2) is 18.2 Å². The third-order valence-electron chi connectivity index (χ3n) is 2.36. The Hall–Kier alpha value is -1.02. The van der Waals surface area contributed by atoms with Gasteiger partial charge in [0.05, 0.1) is 0 Å². The topological polar surface area (TPSA) is 20.3 Å². The van der Waals surface area contributed by atoms with Gasteiger partial charge >= 0.3 is 0 Å². The number of hydrogen-bond acceptors (Lipinski definition) is 1. The zero-order chi connectivity index (χ0) is 9.26. The zero-order valence-electron chi connectivity index (χ0n) is 7.16. The lowest BCUT2D eigenvalue weighted by Gasteiger charge is -2.25. The molecule has 1 aromatic rings. The van der Waals surface area contributed by atoms with Crippen LogP contribution in [-0.4, -0.2) is 17.9 Å². The molecule has 1 aromatic carbocycles. The molecule has 0 aromatic heterocycles. The van der Waals surface area contributed by atoms with Crippen molar-refractivity contribution < 1.29 is 4.79 Å². The fourth-order valence-corrected chi connectivity index (χ4v) is 1.83. The summed E-state index contributed by atoms with van der Waals surface area (Å²) >= 11 is 5.86. The second-order valence-corrected chi connectivity index (χ2v) is 3.68. The van der Waals surface area contributed by atoms with Gasteiger partial charge in [0.2, 0.25) is 6.41 Å². The van der Waals surface area contributed by atoms with Gasteiger partial charge in [0.15, 0.2) is 0 Å². The minimum absolute atomic E-state index is 0.694. The van der Waals surface area contributed by atoms with Crippen molar-refractivity contribution in [3.05, 3.63) is 34.3 Å². The Kier molecular flexibility index (Phi) is 2.23. The van der Waals surface area contributed by atoms with Gasteiger partial charge in [-0.1, -0.05) is 17.7 Å². The molecule has 2 rings (SSSR count). The Labute approximate surface area is 82.1 Å². The highest BCUT2D eigenvalue weighted by atomic mass is 35.5. The summed E-state index contributed by atoms with van der Waals surface area (Å²) in [7, 11) is 0. The van der Waals surface area contributed by atoms with Gasteiger partial charge in [-0.15, -0.1) is 0 Å². The highest BCUT2D eigenvalue weighted by Gasteiger charge is 2.14. The van der Waals surface area contributed by atoms with Crippen LogP contribution in [0.2, 0.25) is 5.02 Å². The largest absolute Gasteiger partial charge is 0.341 e. The minimum atomic E-state index is 0.694. The van der Waals surface area contributed by atoms with E-state index in [1.807, 2.05) is 18.2 Å². The van der Waals surface area contributed by atoms with E-state index in [9.17, 15) is 4.79 Å². The van der Waals surface area contributed by atoms with E-state index in [1.165, 1.54) is 11.1 Å². The third kappa shape index (κ3) is 1.68. The van der Waals surface area contributed by atoms with E-state index >= 15 is 0 Å². The summed E-state index contributed by atoms with van der Waals surface area (Å²) in [4.78, 5) is 12.3. The molecule has 3 heteroatoms. The first-order valence-corrected chi connectivity index (χ1v) is 4.64. The number of benzene rings is 1. The van der Waals surface area contributed by atoms with Gasteiger partial charge < -0.3 is 4.90 Å². The summed E-state index contributed by atoms with van der Waals surface area (Å²) in [6.45, 7) is 1.51. The maximum absolute atomic E-state index is 10.5. The average molecular weight is 196 g/mol. The number of carbonyl (C=O) groups is 1.